The molecule has 0 saturated carbocycles. The van der Waals surface area contributed by atoms with Crippen LogP contribution in [0.1, 0.15) is 22.8 Å². The van der Waals surface area contributed by atoms with Crippen molar-refractivity contribution in [3.63, 3.8) is 0 Å². The monoisotopic (exact) mass is 432 g/mol. The summed E-state index contributed by atoms with van der Waals surface area (Å²) in [5, 5.41) is 2.85. The number of nitrogens with two attached hydrogens (primary N) is 1. The van der Waals surface area contributed by atoms with Crippen LogP contribution in [0.25, 0.3) is 22.3 Å². The van der Waals surface area contributed by atoms with Gasteiger partial charge in [0.1, 0.15) is 11.6 Å². The van der Waals surface area contributed by atoms with E-state index < -0.39 is 0 Å². The van der Waals surface area contributed by atoms with Crippen LogP contribution in [0.2, 0.25) is 0 Å². The van der Waals surface area contributed by atoms with E-state index in [1.54, 1.807) is 18.3 Å². The van der Waals surface area contributed by atoms with E-state index in [1.807, 2.05) is 30.3 Å². The summed E-state index contributed by atoms with van der Waals surface area (Å²) in [7, 11) is 0. The molecule has 2 aliphatic rings. The van der Waals surface area contributed by atoms with Gasteiger partial charge in [0.15, 0.2) is 0 Å². The van der Waals surface area contributed by atoms with Crippen LogP contribution in [0, 0.1) is 5.82 Å². The Morgan fingerprint density at radius 2 is 1.97 bits per heavy atom. The molecule has 164 valence electrons. The molecule has 32 heavy (non-hydrogen) atoms. The maximum absolute atomic E-state index is 15.2. The number of hydrogen-bond donors (Lipinski definition) is 2. The van der Waals surface area contributed by atoms with Crippen LogP contribution in [0.3, 0.4) is 0 Å². The minimum Gasteiger partial charge on any atom is -0.383 e. The van der Waals surface area contributed by atoms with E-state index in [9.17, 15) is 4.79 Å². The van der Waals surface area contributed by atoms with Crippen LogP contribution < -0.4 is 16.0 Å². The molecule has 0 bridgehead atoms. The summed E-state index contributed by atoms with van der Waals surface area (Å²) in [5.41, 5.74) is 11.4. The van der Waals surface area contributed by atoms with Gasteiger partial charge in [-0.25, -0.2) is 9.37 Å². The van der Waals surface area contributed by atoms with E-state index in [-0.39, 0.29) is 17.8 Å². The third kappa shape index (κ3) is 3.69. The zero-order valence-electron chi connectivity index (χ0n) is 17.9. The van der Waals surface area contributed by atoms with E-state index in [0.29, 0.717) is 42.3 Å². The number of nitrogen functional groups attached to an aromatic ring is 1. The van der Waals surface area contributed by atoms with Crippen molar-refractivity contribution in [1.82, 2.24) is 10.3 Å². The normalized spacial score (nSPS) is 18.2. The summed E-state index contributed by atoms with van der Waals surface area (Å²) in [4.78, 5) is 18.5. The summed E-state index contributed by atoms with van der Waals surface area (Å²) in [5.74, 6) is 0.00310. The van der Waals surface area contributed by atoms with Crippen LogP contribution >= 0.6 is 0 Å². The van der Waals surface area contributed by atoms with Gasteiger partial charge in [0.05, 0.1) is 13.2 Å². The van der Waals surface area contributed by atoms with Gasteiger partial charge in [-0.3, -0.25) is 4.79 Å². The molecule has 7 heteroatoms. The first-order chi connectivity index (χ1) is 15.5. The lowest BCUT2D eigenvalue weighted by Crippen LogP contribution is -2.43. The van der Waals surface area contributed by atoms with Gasteiger partial charge in [-0.05, 0) is 54.8 Å². The summed E-state index contributed by atoms with van der Waals surface area (Å²) >= 11 is 0. The Morgan fingerprint density at radius 1 is 1.12 bits per heavy atom. The smallest absolute Gasteiger partial charge is 0.251 e. The van der Waals surface area contributed by atoms with Crippen LogP contribution in [0.15, 0.2) is 48.7 Å². The first-order valence-electron chi connectivity index (χ1n) is 10.8. The Hall–Kier alpha value is -3.45. The molecule has 1 atom stereocenters. The van der Waals surface area contributed by atoms with Gasteiger partial charge in [0, 0.05) is 53.3 Å². The molecule has 6 nitrogen and oxygen atoms in total. The molecule has 0 spiro atoms. The second-order valence-corrected chi connectivity index (χ2v) is 8.32. The quantitative estimate of drug-likeness (QED) is 0.661. The number of halogens is 1. The van der Waals surface area contributed by atoms with Crippen LogP contribution in [-0.2, 0) is 11.2 Å². The molecule has 3 heterocycles. The number of hydrogen-bond acceptors (Lipinski definition) is 5. The first-order valence-corrected chi connectivity index (χ1v) is 10.8. The highest BCUT2D eigenvalue weighted by molar-refractivity contribution is 5.97. The summed E-state index contributed by atoms with van der Waals surface area (Å²) in [6.45, 7) is 4.70. The Balaban J connectivity index is 1.50. The fraction of sp³-hybridized carbons (Fsp3) is 0.280. The Labute approximate surface area is 186 Å². The van der Waals surface area contributed by atoms with Crippen molar-refractivity contribution in [1.29, 1.82) is 0 Å². The molecule has 1 amide bonds. The number of fused-ring (bicyclic) bond motifs is 1. The lowest BCUT2D eigenvalue weighted by Gasteiger charge is -2.35. The molecule has 2 aliphatic heterocycles. The van der Waals surface area contributed by atoms with E-state index in [1.165, 1.54) is 0 Å². The third-order valence-corrected chi connectivity index (χ3v) is 6.22. The second kappa shape index (κ2) is 8.24. The predicted octanol–water partition coefficient (Wildman–Crippen LogP) is 3.65. The number of carbonyl (C=O) groups is 1. The molecule has 1 unspecified atom stereocenters. The lowest BCUT2D eigenvalue weighted by molar-refractivity contribution is 0.0946. The average Bonchev–Trinajstić information content (AvgIpc) is 2.80. The molecular formula is C25H25FN4O2. The molecule has 1 saturated heterocycles. The molecule has 2 aromatic carbocycles. The number of ether oxygens (including phenoxy) is 1. The number of amides is 1. The predicted molar refractivity (Wildman–Crippen MR) is 123 cm³/mol. The summed E-state index contributed by atoms with van der Waals surface area (Å²) in [6, 6.07) is 13.0. The zero-order chi connectivity index (χ0) is 22.2. The zero-order valence-corrected chi connectivity index (χ0v) is 17.9. The number of nitrogens with zero attached hydrogens (tertiary/aromatic N) is 2. The standard InChI is InChI=1S/C25H25FN4O2/c1-15-14-32-9-8-30(15)19-3-5-20(23(26)12-19)18-11-22(24(27)29-13-18)16-2-4-21-17(10-16)6-7-28-25(21)31/h2-5,10-13,15H,6-9,14H2,1H3,(H2,27,29)(H,28,31). The molecular weight excluding hydrogens is 407 g/mol. The minimum atomic E-state index is -0.305. The summed E-state index contributed by atoms with van der Waals surface area (Å²) in [6.07, 6.45) is 2.36. The molecule has 1 aromatic heterocycles. The number of rotatable bonds is 3. The fourth-order valence-corrected chi connectivity index (χ4v) is 4.48. The van der Waals surface area contributed by atoms with Gasteiger partial charge in [-0.1, -0.05) is 12.1 Å². The van der Waals surface area contributed by atoms with Crippen molar-refractivity contribution in [2.75, 3.05) is 36.9 Å². The molecule has 1 fully saturated rings. The molecule has 3 N–H and O–H groups in total. The number of carbonyl (C=O) groups excluding carboxylic acids is 1. The van der Waals surface area contributed by atoms with Crippen molar-refractivity contribution in [3.8, 4) is 22.3 Å². The van der Waals surface area contributed by atoms with Gasteiger partial charge in [0.25, 0.3) is 5.91 Å². The van der Waals surface area contributed by atoms with E-state index in [0.717, 1.165) is 35.3 Å². The molecule has 3 aromatic rings. The van der Waals surface area contributed by atoms with Crippen LogP contribution in [0.4, 0.5) is 15.9 Å². The molecule has 5 rings (SSSR count). The lowest BCUT2D eigenvalue weighted by atomic mass is 9.94. The van der Waals surface area contributed by atoms with Crippen molar-refractivity contribution in [2.24, 2.45) is 0 Å². The van der Waals surface area contributed by atoms with Crippen LogP contribution in [0.5, 0.6) is 0 Å². The van der Waals surface area contributed by atoms with Crippen LogP contribution in [-0.4, -0.2) is 43.2 Å². The Morgan fingerprint density at radius 3 is 2.78 bits per heavy atom. The van der Waals surface area contributed by atoms with E-state index >= 15 is 4.39 Å². The topological polar surface area (TPSA) is 80.5 Å². The highest BCUT2D eigenvalue weighted by Gasteiger charge is 2.21. The second-order valence-electron chi connectivity index (χ2n) is 8.32. The number of anilines is 2. The number of pyridine rings is 1. The highest BCUT2D eigenvalue weighted by atomic mass is 19.1. The SMILES string of the molecule is CC1COCCN1c1ccc(-c2cnc(N)c(-c3ccc4c(c3)CCNC4=O)c2)c(F)c1. The van der Waals surface area contributed by atoms with Crippen molar-refractivity contribution < 1.29 is 13.9 Å². The average molecular weight is 432 g/mol. The van der Waals surface area contributed by atoms with Gasteiger partial charge in [0.2, 0.25) is 0 Å². The number of aromatic nitrogens is 1. The van der Waals surface area contributed by atoms with Crippen molar-refractivity contribution >= 4 is 17.4 Å². The van der Waals surface area contributed by atoms with E-state index in [2.05, 4.69) is 22.1 Å². The van der Waals surface area contributed by atoms with Gasteiger partial charge >= 0.3 is 0 Å². The molecule has 0 aliphatic carbocycles. The molecule has 0 radical (unpaired) electrons. The number of morpholine rings is 1. The Kier molecular flexibility index (Phi) is 5.27. The minimum absolute atomic E-state index is 0.0607. The third-order valence-electron chi connectivity index (χ3n) is 6.22. The fourth-order valence-electron chi connectivity index (χ4n) is 4.48. The first kappa shape index (κ1) is 20.5. The largest absolute Gasteiger partial charge is 0.383 e. The Bertz CT molecular complexity index is 1200. The maximum Gasteiger partial charge on any atom is 0.251 e. The summed E-state index contributed by atoms with van der Waals surface area (Å²) < 4.78 is 20.6. The van der Waals surface area contributed by atoms with E-state index in [4.69, 9.17) is 10.5 Å². The number of nitrogens with one attached hydrogen (secondary N) is 1. The van der Waals surface area contributed by atoms with Crippen molar-refractivity contribution in [3.05, 3.63) is 65.6 Å². The van der Waals surface area contributed by atoms with Crippen molar-refractivity contribution in [2.45, 2.75) is 19.4 Å². The van der Waals surface area contributed by atoms with Gasteiger partial charge < -0.3 is 20.7 Å². The highest BCUT2D eigenvalue weighted by Crippen LogP contribution is 2.34. The van der Waals surface area contributed by atoms with Gasteiger partial charge in [-0.2, -0.15) is 0 Å². The van der Waals surface area contributed by atoms with Gasteiger partial charge in [-0.15, -0.1) is 0 Å². The maximum atomic E-state index is 15.2. The number of benzene rings is 2.